The van der Waals surface area contributed by atoms with Gasteiger partial charge in [-0.15, -0.1) is 11.3 Å². The second-order valence-electron chi connectivity index (χ2n) is 7.39. The number of halogens is 1. The van der Waals surface area contributed by atoms with Gasteiger partial charge in [0.05, 0.1) is 21.8 Å². The first kappa shape index (κ1) is 21.6. The third-order valence-corrected chi connectivity index (χ3v) is 6.51. The number of nitrogens with zero attached hydrogens (tertiary/aromatic N) is 1. The fourth-order valence-electron chi connectivity index (χ4n) is 3.68. The largest absolute Gasteiger partial charge is 0.379 e. The van der Waals surface area contributed by atoms with Gasteiger partial charge in [-0.3, -0.25) is 14.6 Å². The van der Waals surface area contributed by atoms with Gasteiger partial charge >= 0.3 is 0 Å². The van der Waals surface area contributed by atoms with Gasteiger partial charge in [0.2, 0.25) is 5.91 Å². The summed E-state index contributed by atoms with van der Waals surface area (Å²) in [6.07, 6.45) is 9.94. The molecule has 1 fully saturated rings. The Morgan fingerprint density at radius 1 is 1.24 bits per heavy atom. The van der Waals surface area contributed by atoms with Gasteiger partial charge in [0.25, 0.3) is 5.91 Å². The molecule has 0 aromatic carbocycles. The lowest BCUT2D eigenvalue weighted by Gasteiger charge is -2.26. The van der Waals surface area contributed by atoms with Gasteiger partial charge in [-0.25, -0.2) is 0 Å². The molecular weight excluding hydrogens is 408 g/mol. The summed E-state index contributed by atoms with van der Waals surface area (Å²) in [4.78, 5) is 30.7. The van der Waals surface area contributed by atoms with Crippen molar-refractivity contribution in [3.05, 3.63) is 45.4 Å². The number of aromatic nitrogens is 1. The summed E-state index contributed by atoms with van der Waals surface area (Å²) in [7, 11) is 1.61. The van der Waals surface area contributed by atoms with Crippen LogP contribution in [0.5, 0.6) is 0 Å². The van der Waals surface area contributed by atoms with Gasteiger partial charge < -0.3 is 16.0 Å². The summed E-state index contributed by atoms with van der Waals surface area (Å²) in [5.74, 6) is 0.173. The van der Waals surface area contributed by atoms with Gasteiger partial charge in [0, 0.05) is 24.7 Å². The SMILES string of the molecule is CNC(=O)[C@H](CC1CCCCC1)NC(=O)c1ccc(CNc2cncc(Cl)c2)s1. The maximum absolute atomic E-state index is 12.7. The van der Waals surface area contributed by atoms with Crippen LogP contribution in [0.15, 0.2) is 30.6 Å². The first-order valence-corrected chi connectivity index (χ1v) is 11.2. The molecule has 2 amide bonds. The molecule has 1 atom stereocenters. The minimum Gasteiger partial charge on any atom is -0.379 e. The van der Waals surface area contributed by atoms with E-state index in [9.17, 15) is 9.59 Å². The maximum atomic E-state index is 12.7. The average molecular weight is 435 g/mol. The third kappa shape index (κ3) is 6.44. The van der Waals surface area contributed by atoms with Crippen molar-refractivity contribution in [2.45, 2.75) is 51.1 Å². The molecule has 0 radical (unpaired) electrons. The molecule has 2 heterocycles. The molecule has 2 aromatic rings. The molecular formula is C21H27ClN4O2S. The Morgan fingerprint density at radius 3 is 2.76 bits per heavy atom. The Balaban J connectivity index is 1.57. The van der Waals surface area contributed by atoms with E-state index in [0.29, 0.717) is 28.8 Å². The topological polar surface area (TPSA) is 83.1 Å². The molecule has 1 saturated carbocycles. The minimum absolute atomic E-state index is 0.129. The molecule has 1 aliphatic carbocycles. The highest BCUT2D eigenvalue weighted by Crippen LogP contribution is 2.27. The molecule has 0 saturated heterocycles. The predicted molar refractivity (Wildman–Crippen MR) is 117 cm³/mol. The second-order valence-corrected chi connectivity index (χ2v) is 9.00. The van der Waals surface area contributed by atoms with Crippen molar-refractivity contribution in [2.24, 2.45) is 5.92 Å². The third-order valence-electron chi connectivity index (χ3n) is 5.22. The molecule has 3 rings (SSSR count). The molecule has 29 heavy (non-hydrogen) atoms. The Kier molecular flexibility index (Phi) is 7.89. The number of hydrogen-bond donors (Lipinski definition) is 3. The number of amides is 2. The van der Waals surface area contributed by atoms with Crippen LogP contribution in [0, 0.1) is 5.92 Å². The average Bonchev–Trinajstić information content (AvgIpc) is 3.21. The molecule has 3 N–H and O–H groups in total. The van der Waals surface area contributed by atoms with E-state index >= 15 is 0 Å². The van der Waals surface area contributed by atoms with Crippen molar-refractivity contribution in [1.29, 1.82) is 0 Å². The lowest BCUT2D eigenvalue weighted by Crippen LogP contribution is -2.46. The molecule has 8 heteroatoms. The summed E-state index contributed by atoms with van der Waals surface area (Å²) in [6, 6.07) is 5.03. The zero-order valence-electron chi connectivity index (χ0n) is 16.5. The number of thiophene rings is 1. The van der Waals surface area contributed by atoms with Crippen molar-refractivity contribution >= 4 is 40.4 Å². The second kappa shape index (κ2) is 10.6. The Bertz CT molecular complexity index is 836. The Labute approximate surface area is 180 Å². The van der Waals surface area contributed by atoms with E-state index in [1.165, 1.54) is 30.6 Å². The van der Waals surface area contributed by atoms with Crippen LogP contribution in [0.4, 0.5) is 5.69 Å². The number of nitrogens with one attached hydrogen (secondary N) is 3. The highest BCUT2D eigenvalue weighted by Gasteiger charge is 2.26. The number of likely N-dealkylation sites (N-methyl/N-ethyl adjacent to an activating group) is 1. The van der Waals surface area contributed by atoms with E-state index in [4.69, 9.17) is 11.6 Å². The van der Waals surface area contributed by atoms with Crippen molar-refractivity contribution in [1.82, 2.24) is 15.6 Å². The molecule has 2 aromatic heterocycles. The fourth-order valence-corrected chi connectivity index (χ4v) is 4.71. The van der Waals surface area contributed by atoms with Crippen LogP contribution in [0.1, 0.15) is 53.1 Å². The normalized spacial score (nSPS) is 15.5. The van der Waals surface area contributed by atoms with Crippen molar-refractivity contribution in [2.75, 3.05) is 12.4 Å². The van der Waals surface area contributed by atoms with Gasteiger partial charge in [-0.2, -0.15) is 0 Å². The summed E-state index contributed by atoms with van der Waals surface area (Å²) in [5, 5.41) is 9.43. The van der Waals surface area contributed by atoms with Crippen LogP contribution in [0.2, 0.25) is 5.02 Å². The highest BCUT2D eigenvalue weighted by atomic mass is 35.5. The quantitative estimate of drug-likeness (QED) is 0.580. The Morgan fingerprint density at radius 2 is 2.03 bits per heavy atom. The van der Waals surface area contributed by atoms with Crippen LogP contribution in [-0.4, -0.2) is 29.9 Å². The molecule has 0 aliphatic heterocycles. The molecule has 6 nitrogen and oxygen atoms in total. The highest BCUT2D eigenvalue weighted by molar-refractivity contribution is 7.14. The smallest absolute Gasteiger partial charge is 0.262 e. The number of carbonyl (C=O) groups is 2. The van der Waals surface area contributed by atoms with E-state index in [1.807, 2.05) is 6.07 Å². The van der Waals surface area contributed by atoms with E-state index in [1.54, 1.807) is 31.6 Å². The van der Waals surface area contributed by atoms with E-state index < -0.39 is 6.04 Å². The van der Waals surface area contributed by atoms with Crippen LogP contribution in [0.3, 0.4) is 0 Å². The summed E-state index contributed by atoms with van der Waals surface area (Å²) in [6.45, 7) is 0.570. The van der Waals surface area contributed by atoms with Gasteiger partial charge in [0.1, 0.15) is 6.04 Å². The molecule has 0 spiro atoms. The fraction of sp³-hybridized carbons (Fsp3) is 0.476. The van der Waals surface area contributed by atoms with Crippen LogP contribution < -0.4 is 16.0 Å². The molecule has 0 bridgehead atoms. The Hall–Kier alpha value is -2.12. The number of pyridine rings is 1. The first-order valence-electron chi connectivity index (χ1n) is 10.0. The lowest BCUT2D eigenvalue weighted by molar-refractivity contribution is -0.123. The summed E-state index contributed by atoms with van der Waals surface area (Å²) >= 11 is 7.35. The molecule has 1 aliphatic rings. The maximum Gasteiger partial charge on any atom is 0.262 e. The standard InChI is InChI=1S/C21H27ClN4O2S/c1-23-20(27)18(9-14-5-3-2-4-6-14)26-21(28)19-8-7-17(29-19)13-25-16-10-15(22)11-24-12-16/h7-8,10-12,14,18,25H,2-6,9,13H2,1H3,(H,23,27)(H,26,28)/t18-/m0/s1. The van der Waals surface area contributed by atoms with E-state index in [-0.39, 0.29) is 11.8 Å². The van der Waals surface area contributed by atoms with Crippen LogP contribution in [0.25, 0.3) is 0 Å². The number of carbonyl (C=O) groups excluding carboxylic acids is 2. The zero-order chi connectivity index (χ0) is 20.6. The summed E-state index contributed by atoms with van der Waals surface area (Å²) < 4.78 is 0. The summed E-state index contributed by atoms with van der Waals surface area (Å²) in [5.41, 5.74) is 0.823. The molecule has 156 valence electrons. The van der Waals surface area contributed by atoms with Crippen LogP contribution in [-0.2, 0) is 11.3 Å². The predicted octanol–water partition coefficient (Wildman–Crippen LogP) is 4.22. The monoisotopic (exact) mass is 434 g/mol. The van der Waals surface area contributed by atoms with E-state index in [2.05, 4.69) is 20.9 Å². The number of hydrogen-bond acceptors (Lipinski definition) is 5. The minimum atomic E-state index is -0.489. The van der Waals surface area contributed by atoms with Crippen molar-refractivity contribution in [3.63, 3.8) is 0 Å². The van der Waals surface area contributed by atoms with Gasteiger partial charge in [-0.1, -0.05) is 43.7 Å². The van der Waals surface area contributed by atoms with E-state index in [0.717, 1.165) is 23.4 Å². The van der Waals surface area contributed by atoms with Crippen LogP contribution >= 0.6 is 22.9 Å². The van der Waals surface area contributed by atoms with Gasteiger partial charge in [0.15, 0.2) is 0 Å². The lowest BCUT2D eigenvalue weighted by atomic mass is 9.84. The van der Waals surface area contributed by atoms with Gasteiger partial charge in [-0.05, 0) is 30.5 Å². The van der Waals surface area contributed by atoms with Crippen molar-refractivity contribution < 1.29 is 9.59 Å². The number of anilines is 1. The zero-order valence-corrected chi connectivity index (χ0v) is 18.1. The van der Waals surface area contributed by atoms with Crippen molar-refractivity contribution in [3.8, 4) is 0 Å². The molecule has 0 unspecified atom stereocenters. The number of rotatable bonds is 8. The first-order chi connectivity index (χ1) is 14.0.